The number of carbonyl (C=O) groups excluding carboxylic acids is 1. The summed E-state index contributed by atoms with van der Waals surface area (Å²) in [7, 11) is 3.09. The van der Waals surface area contributed by atoms with E-state index in [9.17, 15) is 4.79 Å². The molecule has 0 spiro atoms. The van der Waals surface area contributed by atoms with E-state index in [2.05, 4.69) is 25.2 Å². The molecular formula is C15H19N5O3S. The SMILES string of the molecule is COc1cc(N2CCC(NC(=O)c3cscn3)CC2)nc(OC)n1. The number of anilines is 1. The summed E-state index contributed by atoms with van der Waals surface area (Å²) in [6.07, 6.45) is 1.68. The molecule has 0 aliphatic carbocycles. The molecule has 3 heterocycles. The summed E-state index contributed by atoms with van der Waals surface area (Å²) in [4.78, 5) is 26.7. The van der Waals surface area contributed by atoms with Crippen molar-refractivity contribution >= 4 is 23.1 Å². The van der Waals surface area contributed by atoms with Crippen LogP contribution in [0.1, 0.15) is 23.3 Å². The van der Waals surface area contributed by atoms with E-state index in [1.807, 2.05) is 0 Å². The Morgan fingerprint density at radius 1 is 1.29 bits per heavy atom. The van der Waals surface area contributed by atoms with Gasteiger partial charge in [0.2, 0.25) is 5.88 Å². The Balaban J connectivity index is 1.60. The van der Waals surface area contributed by atoms with Crippen molar-refractivity contribution in [1.82, 2.24) is 20.3 Å². The summed E-state index contributed by atoms with van der Waals surface area (Å²) in [5.41, 5.74) is 2.14. The standard InChI is InChI=1S/C15H19N5O3S/c1-22-13-7-12(18-15(19-13)23-2)20-5-3-10(4-6-20)17-14(21)11-8-24-9-16-11/h7-10H,3-6H2,1-2H3,(H,17,21). The number of piperidine rings is 1. The molecule has 0 saturated carbocycles. The fourth-order valence-electron chi connectivity index (χ4n) is 2.59. The quantitative estimate of drug-likeness (QED) is 0.871. The number of amides is 1. The number of thiazole rings is 1. The first-order valence-corrected chi connectivity index (χ1v) is 8.55. The predicted molar refractivity (Wildman–Crippen MR) is 90.0 cm³/mol. The maximum Gasteiger partial charge on any atom is 0.321 e. The fraction of sp³-hybridized carbons (Fsp3) is 0.467. The maximum absolute atomic E-state index is 12.1. The van der Waals surface area contributed by atoms with E-state index < -0.39 is 0 Å². The summed E-state index contributed by atoms with van der Waals surface area (Å²) >= 11 is 1.42. The molecule has 0 unspecified atom stereocenters. The molecule has 0 aromatic carbocycles. The molecule has 1 N–H and O–H groups in total. The Morgan fingerprint density at radius 3 is 2.71 bits per heavy atom. The number of hydrogen-bond donors (Lipinski definition) is 1. The molecule has 1 aliphatic rings. The third kappa shape index (κ3) is 3.73. The van der Waals surface area contributed by atoms with Crippen molar-refractivity contribution in [3.63, 3.8) is 0 Å². The van der Waals surface area contributed by atoms with Crippen LogP contribution in [0.4, 0.5) is 5.82 Å². The van der Waals surface area contributed by atoms with E-state index in [0.29, 0.717) is 11.6 Å². The van der Waals surface area contributed by atoms with Crippen molar-refractivity contribution in [3.05, 3.63) is 22.7 Å². The Labute approximate surface area is 143 Å². The van der Waals surface area contributed by atoms with Crippen LogP contribution in [0.25, 0.3) is 0 Å². The number of ether oxygens (including phenoxy) is 2. The van der Waals surface area contributed by atoms with Gasteiger partial charge in [-0.1, -0.05) is 0 Å². The second kappa shape index (κ2) is 7.43. The van der Waals surface area contributed by atoms with Crippen LogP contribution in [0.5, 0.6) is 11.9 Å². The zero-order valence-corrected chi connectivity index (χ0v) is 14.4. The highest BCUT2D eigenvalue weighted by Crippen LogP contribution is 2.23. The first-order valence-electron chi connectivity index (χ1n) is 7.60. The largest absolute Gasteiger partial charge is 0.481 e. The minimum Gasteiger partial charge on any atom is -0.481 e. The smallest absolute Gasteiger partial charge is 0.321 e. The van der Waals surface area contributed by atoms with Crippen molar-refractivity contribution in [2.24, 2.45) is 0 Å². The normalized spacial score (nSPS) is 15.2. The molecule has 24 heavy (non-hydrogen) atoms. The van der Waals surface area contributed by atoms with E-state index in [4.69, 9.17) is 9.47 Å². The Kier molecular flexibility index (Phi) is 5.09. The predicted octanol–water partition coefficient (Wildman–Crippen LogP) is 1.35. The average Bonchev–Trinajstić information content (AvgIpc) is 3.16. The summed E-state index contributed by atoms with van der Waals surface area (Å²) in [6, 6.07) is 2.21. The number of hydrogen-bond acceptors (Lipinski definition) is 8. The second-order valence-corrected chi connectivity index (χ2v) is 6.08. The Bertz CT molecular complexity index is 664. The Hall–Kier alpha value is -2.42. The van der Waals surface area contributed by atoms with Crippen molar-refractivity contribution < 1.29 is 14.3 Å². The van der Waals surface area contributed by atoms with E-state index >= 15 is 0 Å². The van der Waals surface area contributed by atoms with Gasteiger partial charge in [-0.15, -0.1) is 11.3 Å². The van der Waals surface area contributed by atoms with Gasteiger partial charge >= 0.3 is 6.01 Å². The van der Waals surface area contributed by atoms with Gasteiger partial charge in [0.1, 0.15) is 11.5 Å². The monoisotopic (exact) mass is 349 g/mol. The van der Waals surface area contributed by atoms with Gasteiger partial charge in [-0.25, -0.2) is 4.98 Å². The zero-order chi connectivity index (χ0) is 16.9. The number of methoxy groups -OCH3 is 2. The third-order valence-corrected chi connectivity index (χ3v) is 4.47. The number of nitrogens with one attached hydrogen (secondary N) is 1. The summed E-state index contributed by atoms with van der Waals surface area (Å²) in [5.74, 6) is 1.12. The first-order chi connectivity index (χ1) is 11.7. The summed E-state index contributed by atoms with van der Waals surface area (Å²) in [5, 5.41) is 4.79. The van der Waals surface area contributed by atoms with Gasteiger partial charge in [0, 0.05) is 30.6 Å². The van der Waals surface area contributed by atoms with Crippen LogP contribution in [-0.2, 0) is 0 Å². The minimum atomic E-state index is -0.111. The van der Waals surface area contributed by atoms with Gasteiger partial charge in [0.25, 0.3) is 5.91 Å². The highest BCUT2D eigenvalue weighted by Gasteiger charge is 2.23. The van der Waals surface area contributed by atoms with E-state index in [0.717, 1.165) is 31.7 Å². The molecule has 9 heteroatoms. The first kappa shape index (κ1) is 16.4. The van der Waals surface area contributed by atoms with Crippen LogP contribution in [0.3, 0.4) is 0 Å². The lowest BCUT2D eigenvalue weighted by atomic mass is 10.0. The number of carbonyl (C=O) groups is 1. The fourth-order valence-corrected chi connectivity index (χ4v) is 3.12. The molecule has 1 fully saturated rings. The van der Waals surface area contributed by atoms with Crippen LogP contribution in [-0.4, -0.2) is 54.2 Å². The van der Waals surface area contributed by atoms with Crippen LogP contribution < -0.4 is 19.7 Å². The number of rotatable bonds is 5. The van der Waals surface area contributed by atoms with Crippen molar-refractivity contribution in [2.45, 2.75) is 18.9 Å². The van der Waals surface area contributed by atoms with Gasteiger partial charge in [-0.2, -0.15) is 9.97 Å². The molecule has 2 aromatic heterocycles. The van der Waals surface area contributed by atoms with Crippen LogP contribution in [0.2, 0.25) is 0 Å². The maximum atomic E-state index is 12.1. The molecule has 8 nitrogen and oxygen atoms in total. The van der Waals surface area contributed by atoms with Gasteiger partial charge in [0.05, 0.1) is 19.7 Å². The summed E-state index contributed by atoms with van der Waals surface area (Å²) < 4.78 is 10.3. The third-order valence-electron chi connectivity index (χ3n) is 3.88. The van der Waals surface area contributed by atoms with Gasteiger partial charge in [-0.3, -0.25) is 4.79 Å². The molecule has 1 aliphatic heterocycles. The van der Waals surface area contributed by atoms with Crippen LogP contribution in [0.15, 0.2) is 17.0 Å². The van der Waals surface area contributed by atoms with Gasteiger partial charge in [-0.05, 0) is 12.8 Å². The molecular weight excluding hydrogens is 330 g/mol. The lowest BCUT2D eigenvalue weighted by molar-refractivity contribution is 0.0926. The lowest BCUT2D eigenvalue weighted by Gasteiger charge is -2.33. The van der Waals surface area contributed by atoms with Gasteiger partial charge in [0.15, 0.2) is 0 Å². The Morgan fingerprint density at radius 2 is 2.08 bits per heavy atom. The van der Waals surface area contributed by atoms with Crippen molar-refractivity contribution in [1.29, 1.82) is 0 Å². The van der Waals surface area contributed by atoms with Crippen molar-refractivity contribution in [3.8, 4) is 11.9 Å². The number of aromatic nitrogens is 3. The zero-order valence-electron chi connectivity index (χ0n) is 13.6. The van der Waals surface area contributed by atoms with Crippen LogP contribution in [0, 0.1) is 0 Å². The van der Waals surface area contributed by atoms with Crippen molar-refractivity contribution in [2.75, 3.05) is 32.2 Å². The summed E-state index contributed by atoms with van der Waals surface area (Å²) in [6.45, 7) is 1.57. The van der Waals surface area contributed by atoms with E-state index in [1.54, 1.807) is 24.1 Å². The number of nitrogens with zero attached hydrogens (tertiary/aromatic N) is 4. The molecule has 2 aromatic rings. The lowest BCUT2D eigenvalue weighted by Crippen LogP contribution is -2.45. The highest BCUT2D eigenvalue weighted by molar-refractivity contribution is 7.07. The molecule has 128 valence electrons. The van der Waals surface area contributed by atoms with E-state index in [1.165, 1.54) is 18.4 Å². The molecule has 0 atom stereocenters. The molecule has 0 bridgehead atoms. The van der Waals surface area contributed by atoms with E-state index in [-0.39, 0.29) is 18.0 Å². The van der Waals surface area contributed by atoms with Gasteiger partial charge < -0.3 is 19.7 Å². The van der Waals surface area contributed by atoms with Crippen LogP contribution >= 0.6 is 11.3 Å². The second-order valence-electron chi connectivity index (χ2n) is 5.36. The molecule has 1 saturated heterocycles. The topological polar surface area (TPSA) is 89.5 Å². The molecule has 1 amide bonds. The highest BCUT2D eigenvalue weighted by atomic mass is 32.1. The molecule has 3 rings (SSSR count). The minimum absolute atomic E-state index is 0.111. The molecule has 0 radical (unpaired) electrons. The average molecular weight is 349 g/mol.